The Morgan fingerprint density at radius 2 is 1.77 bits per heavy atom. The van der Waals surface area contributed by atoms with Gasteiger partial charge in [-0.25, -0.2) is 8.62 Å². The molecule has 6 unspecified atom stereocenters. The van der Waals surface area contributed by atoms with Crippen molar-refractivity contribution in [2.75, 3.05) is 6.61 Å². The summed E-state index contributed by atoms with van der Waals surface area (Å²) in [5.74, 6) is -0.269. The molecule has 0 spiro atoms. The van der Waals surface area contributed by atoms with Gasteiger partial charge in [0.25, 0.3) is 23.5 Å². The Kier molecular flexibility index (Phi) is 9.38. The Hall–Kier alpha value is 1.54. The van der Waals surface area contributed by atoms with Crippen LogP contribution in [0.1, 0.15) is 6.92 Å². The summed E-state index contributed by atoms with van der Waals surface area (Å²) in [6.07, 6.45) is 0.798. The van der Waals surface area contributed by atoms with Crippen molar-refractivity contribution in [2.45, 2.75) is 19.0 Å². The van der Waals surface area contributed by atoms with Crippen molar-refractivity contribution in [1.29, 1.82) is 0 Å². The summed E-state index contributed by atoms with van der Waals surface area (Å²) < 4.78 is 48.2. The maximum atomic E-state index is 11.2. The largest absolute Gasteiger partial charge is 0.756 e. The van der Waals surface area contributed by atoms with Crippen molar-refractivity contribution in [3.63, 3.8) is 0 Å². The molecular weight excluding hydrogens is 441 g/mol. The third-order valence-corrected chi connectivity index (χ3v) is 5.90. The van der Waals surface area contributed by atoms with E-state index in [4.69, 9.17) is 17.5 Å². The van der Waals surface area contributed by atoms with E-state index in [-0.39, 0.29) is 38.6 Å². The van der Waals surface area contributed by atoms with Gasteiger partial charge in [0.2, 0.25) is 0 Å². The Morgan fingerprint density at radius 3 is 2.18 bits per heavy atom. The van der Waals surface area contributed by atoms with Crippen LogP contribution in [0.2, 0.25) is 0 Å². The van der Waals surface area contributed by atoms with E-state index in [2.05, 4.69) is 13.1 Å². The molecule has 3 radical (unpaired) electrons. The van der Waals surface area contributed by atoms with Gasteiger partial charge in [-0.15, -0.1) is 5.92 Å². The molecule has 0 bridgehead atoms. The van der Waals surface area contributed by atoms with Crippen LogP contribution in [0.25, 0.3) is 0 Å². The minimum absolute atomic E-state index is 0. The van der Waals surface area contributed by atoms with Crippen LogP contribution in [0.4, 0.5) is 0 Å². The van der Waals surface area contributed by atoms with E-state index in [1.165, 1.54) is 0 Å². The van der Waals surface area contributed by atoms with Crippen LogP contribution in [-0.2, 0) is 64.3 Å². The van der Waals surface area contributed by atoms with E-state index < -0.39 is 42.2 Å². The van der Waals surface area contributed by atoms with Gasteiger partial charge in [-0.3, -0.25) is 13.7 Å². The molecule has 22 heavy (non-hydrogen) atoms. The van der Waals surface area contributed by atoms with Crippen LogP contribution >= 0.6 is 23.5 Å². The molecule has 1 N–H and O–H groups in total. The van der Waals surface area contributed by atoms with E-state index in [1.807, 2.05) is 0 Å². The second-order valence-corrected chi connectivity index (χ2v) is 8.30. The summed E-state index contributed by atoms with van der Waals surface area (Å²) in [6.45, 7) is 1.04. The molecule has 11 nitrogen and oxygen atoms in total. The maximum absolute atomic E-state index is 11.2. The van der Waals surface area contributed by atoms with Gasteiger partial charge in [0.15, 0.2) is 0 Å². The minimum Gasteiger partial charge on any atom is -0.756 e. The van der Waals surface area contributed by atoms with Crippen molar-refractivity contribution in [3.8, 4) is 0 Å². The van der Waals surface area contributed by atoms with Crippen LogP contribution in [0, 0.1) is 12.3 Å². The van der Waals surface area contributed by atoms with Crippen LogP contribution in [0.3, 0.4) is 0 Å². The summed E-state index contributed by atoms with van der Waals surface area (Å²) in [5, 5.41) is 0. The zero-order valence-corrected chi connectivity index (χ0v) is 16.6. The van der Waals surface area contributed by atoms with Gasteiger partial charge in [-0.05, 0) is 0 Å². The molecule has 1 saturated heterocycles. The normalized spacial score (nSPS) is 33.2. The molecule has 0 aromatic rings. The third kappa shape index (κ3) is 9.13. The van der Waals surface area contributed by atoms with Crippen LogP contribution in [-0.4, -0.2) is 31.5 Å². The molecule has 1 aliphatic rings. The minimum atomic E-state index is -5.87. The fourth-order valence-electron chi connectivity index (χ4n) is 1.44. The van der Waals surface area contributed by atoms with E-state index in [0.717, 1.165) is 0 Å². The first kappa shape index (κ1) is 23.5. The molecule has 0 saturated carbocycles. The van der Waals surface area contributed by atoms with E-state index in [9.17, 15) is 28.4 Å². The molecule has 1 heterocycles. The van der Waals surface area contributed by atoms with Crippen molar-refractivity contribution in [2.24, 2.45) is 5.92 Å². The Balaban J connectivity index is 0.00000441. The monoisotopic (exact) mass is 451 g/mol. The molecule has 16 heteroatoms. The number of ether oxygens (including phenoxy) is 1. The number of phosphoric ester groups is 1. The van der Waals surface area contributed by atoms with Crippen molar-refractivity contribution in [3.05, 3.63) is 6.42 Å². The number of hydrogen-bond acceptors (Lipinski definition) is 10. The zero-order valence-electron chi connectivity index (χ0n) is 11.0. The van der Waals surface area contributed by atoms with E-state index in [0.29, 0.717) is 0 Å². The van der Waals surface area contributed by atoms with Crippen molar-refractivity contribution in [1.82, 2.24) is 0 Å². The van der Waals surface area contributed by atoms with Gasteiger partial charge in [-0.2, -0.15) is 0 Å². The van der Waals surface area contributed by atoms with Gasteiger partial charge >= 0.3 is 0 Å². The van der Waals surface area contributed by atoms with Crippen molar-refractivity contribution < 1.29 is 83.9 Å². The Morgan fingerprint density at radius 1 is 1.23 bits per heavy atom. The molecule has 1 rings (SSSR count). The summed E-state index contributed by atoms with van der Waals surface area (Å²) >= 11 is 0. The average Bonchev–Trinajstić information content (AvgIpc) is 2.48. The van der Waals surface area contributed by atoms with Gasteiger partial charge in [0.1, 0.15) is 0 Å². The summed E-state index contributed by atoms with van der Waals surface area (Å²) in [5.41, 5.74) is 0. The second kappa shape index (κ2) is 8.77. The molecule has 0 aromatic heterocycles. The first-order chi connectivity index (χ1) is 9.30. The van der Waals surface area contributed by atoms with Crippen LogP contribution in [0.5, 0.6) is 0 Å². The summed E-state index contributed by atoms with van der Waals surface area (Å²) in [4.78, 5) is 40.5. The summed E-state index contributed by atoms with van der Waals surface area (Å²) in [6, 6.07) is -0.727. The first-order valence-corrected chi connectivity index (χ1v) is 9.70. The fourth-order valence-corrected chi connectivity index (χ4v) is 4.33. The Labute approximate surface area is 152 Å². The first-order valence-electron chi connectivity index (χ1n) is 5.29. The predicted octanol–water partition coefficient (Wildman–Crippen LogP) is -1.84. The number of rotatable bonds is 7. The average molecular weight is 451 g/mol. The molecule has 0 aliphatic carbocycles. The van der Waals surface area contributed by atoms with E-state index >= 15 is 0 Å². The van der Waals surface area contributed by atoms with Gasteiger partial charge in [0.05, 0.1) is 20.6 Å². The molecule has 1 aliphatic heterocycles. The zero-order chi connectivity index (χ0) is 16.5. The molecule has 0 aromatic carbocycles. The molecule has 1 fully saturated rings. The summed E-state index contributed by atoms with van der Waals surface area (Å²) in [7, 11) is -11.7. The van der Waals surface area contributed by atoms with Gasteiger partial charge < -0.3 is 35.3 Å². The number of phosphoric acid groups is 3. The number of hydrogen-bond donors (Lipinski definition) is 1. The molecule has 0 amide bonds. The SMILES string of the molecule is [B]C1[CH-]C(C)C(COP(=O)([O-])OP(=O)([O-])OP(=O)([O-])O)O1.[Y]. The fraction of sp³-hybridized carbons (Fsp3) is 0.833. The van der Waals surface area contributed by atoms with Crippen LogP contribution in [0.15, 0.2) is 0 Å². The van der Waals surface area contributed by atoms with Gasteiger partial charge in [0, 0.05) is 32.7 Å². The van der Waals surface area contributed by atoms with E-state index in [1.54, 1.807) is 13.3 Å². The quantitative estimate of drug-likeness (QED) is 0.262. The molecular formula is C6H10BO11P3Y-4. The maximum Gasteiger partial charge on any atom is 0.280 e. The van der Waals surface area contributed by atoms with Crippen molar-refractivity contribution >= 4 is 31.3 Å². The smallest absolute Gasteiger partial charge is 0.280 e. The predicted molar refractivity (Wildman–Crippen MR) is 61.0 cm³/mol. The molecule has 6 atom stereocenters. The topological polar surface area (TPSA) is 178 Å². The standard InChI is InChI=1S/C6H13BO11P3.Y/c1-4-2-6(7)16-5(4)3-15-20(11,12)18-21(13,14)17-19(8,9)10;/h2,4-6H,3H2,1H3,(H,11,12)(H,13,14)(H2,8,9,10);/q-1;/p-3. The molecule has 125 valence electrons. The Bertz CT molecular complexity index is 510. The third-order valence-electron chi connectivity index (χ3n) is 2.21. The van der Waals surface area contributed by atoms with Crippen LogP contribution < -0.4 is 14.7 Å². The second-order valence-electron chi connectivity index (χ2n) is 4.01. The van der Waals surface area contributed by atoms with Gasteiger partial charge in [-0.1, -0.05) is 12.9 Å².